The summed E-state index contributed by atoms with van der Waals surface area (Å²) in [4.78, 5) is 0. The van der Waals surface area contributed by atoms with E-state index in [-0.39, 0.29) is 11.9 Å². The number of hydrogen-bond donors (Lipinski definition) is 1. The van der Waals surface area contributed by atoms with Gasteiger partial charge in [0.1, 0.15) is 5.82 Å². The highest BCUT2D eigenvalue weighted by Gasteiger charge is 2.15. The van der Waals surface area contributed by atoms with Crippen LogP contribution in [0.15, 0.2) is 42.5 Å². The molecule has 3 heteroatoms. The molecule has 0 radical (unpaired) electrons. The first kappa shape index (κ1) is 13.1. The second-order valence-electron chi connectivity index (χ2n) is 4.28. The third-order valence-electron chi connectivity index (χ3n) is 3.02. The standard InChI is InChI=1S/C15H15ClFN/c1-10-6-7-12(16)9-14(10)15(18-2)11-4-3-5-13(17)8-11/h3-9,15,18H,1-2H3. The van der Waals surface area contributed by atoms with E-state index in [0.29, 0.717) is 5.02 Å². The molecule has 0 amide bonds. The van der Waals surface area contributed by atoms with E-state index in [2.05, 4.69) is 5.32 Å². The lowest BCUT2D eigenvalue weighted by molar-refractivity contribution is 0.616. The molecule has 1 N–H and O–H groups in total. The van der Waals surface area contributed by atoms with Crippen LogP contribution in [0.2, 0.25) is 5.02 Å². The quantitative estimate of drug-likeness (QED) is 0.879. The van der Waals surface area contributed by atoms with E-state index in [0.717, 1.165) is 16.7 Å². The Bertz CT molecular complexity index is 554. The maximum Gasteiger partial charge on any atom is 0.123 e. The van der Waals surface area contributed by atoms with Crippen molar-refractivity contribution in [1.82, 2.24) is 5.32 Å². The summed E-state index contributed by atoms with van der Waals surface area (Å²) in [7, 11) is 1.86. The van der Waals surface area contributed by atoms with E-state index in [1.54, 1.807) is 12.1 Å². The van der Waals surface area contributed by atoms with Crippen molar-refractivity contribution in [1.29, 1.82) is 0 Å². The van der Waals surface area contributed by atoms with Gasteiger partial charge >= 0.3 is 0 Å². The number of benzene rings is 2. The van der Waals surface area contributed by atoms with Crippen LogP contribution in [0.4, 0.5) is 4.39 Å². The Morgan fingerprint density at radius 1 is 1.17 bits per heavy atom. The molecule has 18 heavy (non-hydrogen) atoms. The number of aryl methyl sites for hydroxylation is 1. The lowest BCUT2D eigenvalue weighted by Crippen LogP contribution is -2.18. The van der Waals surface area contributed by atoms with E-state index in [1.165, 1.54) is 6.07 Å². The molecular formula is C15H15ClFN. The Morgan fingerprint density at radius 3 is 2.61 bits per heavy atom. The minimum atomic E-state index is -0.229. The van der Waals surface area contributed by atoms with E-state index in [9.17, 15) is 4.39 Å². The van der Waals surface area contributed by atoms with Crippen LogP contribution in [0.25, 0.3) is 0 Å². The van der Waals surface area contributed by atoms with Crippen molar-refractivity contribution in [2.75, 3.05) is 7.05 Å². The van der Waals surface area contributed by atoms with Gasteiger partial charge in [0.15, 0.2) is 0 Å². The van der Waals surface area contributed by atoms with Gasteiger partial charge in [-0.2, -0.15) is 0 Å². The molecule has 2 rings (SSSR count). The van der Waals surface area contributed by atoms with Crippen molar-refractivity contribution in [3.8, 4) is 0 Å². The molecule has 0 saturated carbocycles. The predicted molar refractivity (Wildman–Crippen MR) is 73.5 cm³/mol. The second-order valence-corrected chi connectivity index (χ2v) is 4.71. The molecule has 0 spiro atoms. The molecule has 2 aromatic rings. The fourth-order valence-corrected chi connectivity index (χ4v) is 2.29. The van der Waals surface area contributed by atoms with Gasteiger partial charge in [0.05, 0.1) is 6.04 Å². The Kier molecular flexibility index (Phi) is 4.00. The Balaban J connectivity index is 2.48. The minimum absolute atomic E-state index is 0.0561. The first-order valence-corrected chi connectivity index (χ1v) is 6.18. The molecule has 0 aliphatic rings. The van der Waals surface area contributed by atoms with Gasteiger partial charge in [-0.15, -0.1) is 0 Å². The molecule has 2 aromatic carbocycles. The van der Waals surface area contributed by atoms with Gasteiger partial charge in [-0.05, 0) is 54.9 Å². The van der Waals surface area contributed by atoms with Crippen molar-refractivity contribution in [3.05, 3.63) is 70.0 Å². The number of hydrogen-bond acceptors (Lipinski definition) is 1. The molecule has 0 aromatic heterocycles. The molecule has 0 aliphatic carbocycles. The fourth-order valence-electron chi connectivity index (χ4n) is 2.11. The average molecular weight is 264 g/mol. The monoisotopic (exact) mass is 263 g/mol. The van der Waals surface area contributed by atoms with Crippen molar-refractivity contribution in [2.24, 2.45) is 0 Å². The van der Waals surface area contributed by atoms with Crippen molar-refractivity contribution >= 4 is 11.6 Å². The van der Waals surface area contributed by atoms with Gasteiger partial charge in [0, 0.05) is 5.02 Å². The minimum Gasteiger partial charge on any atom is -0.309 e. The Labute approximate surface area is 112 Å². The molecule has 1 atom stereocenters. The zero-order valence-corrected chi connectivity index (χ0v) is 11.1. The molecule has 0 bridgehead atoms. The van der Waals surface area contributed by atoms with Crippen LogP contribution < -0.4 is 5.32 Å². The van der Waals surface area contributed by atoms with Gasteiger partial charge < -0.3 is 5.32 Å². The highest BCUT2D eigenvalue weighted by atomic mass is 35.5. The summed E-state index contributed by atoms with van der Waals surface area (Å²) in [6.45, 7) is 2.02. The summed E-state index contributed by atoms with van der Waals surface area (Å²) in [5.74, 6) is -0.229. The summed E-state index contributed by atoms with van der Waals surface area (Å²) >= 11 is 6.03. The molecule has 1 nitrogen and oxygen atoms in total. The van der Waals surface area contributed by atoms with Gasteiger partial charge in [-0.1, -0.05) is 29.8 Å². The summed E-state index contributed by atoms with van der Waals surface area (Å²) in [6.07, 6.45) is 0. The van der Waals surface area contributed by atoms with E-state index >= 15 is 0 Å². The highest BCUT2D eigenvalue weighted by Crippen LogP contribution is 2.27. The maximum absolute atomic E-state index is 13.3. The number of nitrogens with one attached hydrogen (secondary N) is 1. The van der Waals surface area contributed by atoms with Crippen LogP contribution in [0.5, 0.6) is 0 Å². The van der Waals surface area contributed by atoms with E-state index in [4.69, 9.17) is 11.6 Å². The Hall–Kier alpha value is -1.38. The van der Waals surface area contributed by atoms with Gasteiger partial charge in [-0.25, -0.2) is 4.39 Å². The zero-order chi connectivity index (χ0) is 13.1. The highest BCUT2D eigenvalue weighted by molar-refractivity contribution is 6.30. The molecule has 0 fully saturated rings. The van der Waals surface area contributed by atoms with Gasteiger partial charge in [0.2, 0.25) is 0 Å². The SMILES string of the molecule is CNC(c1cccc(F)c1)c1cc(Cl)ccc1C. The zero-order valence-electron chi connectivity index (χ0n) is 10.4. The molecule has 0 heterocycles. The van der Waals surface area contributed by atoms with Crippen LogP contribution in [-0.2, 0) is 0 Å². The van der Waals surface area contributed by atoms with Crippen LogP contribution in [0.3, 0.4) is 0 Å². The van der Waals surface area contributed by atoms with Crippen LogP contribution in [0, 0.1) is 12.7 Å². The van der Waals surface area contributed by atoms with Crippen LogP contribution in [0.1, 0.15) is 22.7 Å². The third-order valence-corrected chi connectivity index (χ3v) is 3.26. The normalized spacial score (nSPS) is 12.4. The average Bonchev–Trinajstić information content (AvgIpc) is 2.35. The van der Waals surface area contributed by atoms with Gasteiger partial charge in [-0.3, -0.25) is 0 Å². The predicted octanol–water partition coefficient (Wildman–Crippen LogP) is 4.10. The van der Waals surface area contributed by atoms with Crippen molar-refractivity contribution in [2.45, 2.75) is 13.0 Å². The summed E-state index contributed by atoms with van der Waals surface area (Å²) in [5, 5.41) is 3.89. The summed E-state index contributed by atoms with van der Waals surface area (Å²) in [5.41, 5.74) is 3.08. The van der Waals surface area contributed by atoms with E-state index in [1.807, 2.05) is 38.2 Å². The molecular weight excluding hydrogens is 249 g/mol. The first-order chi connectivity index (χ1) is 8.61. The first-order valence-electron chi connectivity index (χ1n) is 5.80. The van der Waals surface area contributed by atoms with Gasteiger partial charge in [0.25, 0.3) is 0 Å². The molecule has 0 saturated heterocycles. The third kappa shape index (κ3) is 2.71. The van der Waals surface area contributed by atoms with Crippen molar-refractivity contribution in [3.63, 3.8) is 0 Å². The lowest BCUT2D eigenvalue weighted by atomic mass is 9.95. The Morgan fingerprint density at radius 2 is 1.94 bits per heavy atom. The summed E-state index contributed by atoms with van der Waals surface area (Å²) < 4.78 is 13.3. The number of rotatable bonds is 3. The number of halogens is 2. The summed E-state index contributed by atoms with van der Waals surface area (Å²) in [6, 6.07) is 12.3. The van der Waals surface area contributed by atoms with Crippen molar-refractivity contribution < 1.29 is 4.39 Å². The topological polar surface area (TPSA) is 12.0 Å². The van der Waals surface area contributed by atoms with Crippen LogP contribution >= 0.6 is 11.6 Å². The lowest BCUT2D eigenvalue weighted by Gasteiger charge is -2.19. The fraction of sp³-hybridized carbons (Fsp3) is 0.200. The maximum atomic E-state index is 13.3. The molecule has 0 aliphatic heterocycles. The second kappa shape index (κ2) is 5.51. The largest absolute Gasteiger partial charge is 0.309 e. The molecule has 94 valence electrons. The van der Waals surface area contributed by atoms with E-state index < -0.39 is 0 Å². The van der Waals surface area contributed by atoms with Crippen LogP contribution in [-0.4, -0.2) is 7.05 Å². The molecule has 1 unspecified atom stereocenters. The smallest absolute Gasteiger partial charge is 0.123 e.